The molecule has 0 N–H and O–H groups in total. The molecule has 1 amide bonds. The second-order valence-corrected chi connectivity index (χ2v) is 5.65. The van der Waals surface area contributed by atoms with Gasteiger partial charge in [-0.2, -0.15) is 0 Å². The smallest absolute Gasteiger partial charge is 0.253 e. The molecule has 0 radical (unpaired) electrons. The van der Waals surface area contributed by atoms with Gasteiger partial charge in [-0.1, -0.05) is 11.6 Å². The van der Waals surface area contributed by atoms with E-state index in [1.807, 2.05) is 0 Å². The van der Waals surface area contributed by atoms with Crippen LogP contribution in [-0.2, 0) is 0 Å². The van der Waals surface area contributed by atoms with Crippen molar-refractivity contribution in [2.75, 3.05) is 19.0 Å². The van der Waals surface area contributed by atoms with E-state index in [0.29, 0.717) is 23.9 Å². The third-order valence-electron chi connectivity index (χ3n) is 3.49. The Bertz CT molecular complexity index is 465. The molecule has 0 aliphatic carbocycles. The molecule has 1 heterocycles. The summed E-state index contributed by atoms with van der Waals surface area (Å²) in [6.45, 7) is 1.43. The predicted octanol–water partition coefficient (Wildman–Crippen LogP) is 3.96. The van der Waals surface area contributed by atoms with Crippen LogP contribution in [0.4, 0.5) is 4.39 Å². The molecule has 1 unspecified atom stereocenters. The molecular weight excluding hydrogens is 288 g/mol. The second-order valence-electron chi connectivity index (χ2n) is 4.87. The molecule has 2 rings (SSSR count). The third kappa shape index (κ3) is 3.61. The van der Waals surface area contributed by atoms with Crippen molar-refractivity contribution in [2.24, 2.45) is 5.92 Å². The van der Waals surface area contributed by atoms with Gasteiger partial charge < -0.3 is 4.90 Å². The zero-order chi connectivity index (χ0) is 13.8. The van der Waals surface area contributed by atoms with Gasteiger partial charge in [0.1, 0.15) is 5.82 Å². The molecule has 1 fully saturated rings. The molecule has 5 heteroatoms. The van der Waals surface area contributed by atoms with Gasteiger partial charge in [0.15, 0.2) is 0 Å². The number of piperidine rings is 1. The maximum atomic E-state index is 13.4. The van der Waals surface area contributed by atoms with E-state index in [4.69, 9.17) is 23.2 Å². The number of carbonyl (C=O) groups is 1. The Labute approximate surface area is 122 Å². The van der Waals surface area contributed by atoms with Gasteiger partial charge in [-0.05, 0) is 43.4 Å². The van der Waals surface area contributed by atoms with Gasteiger partial charge in [0, 0.05) is 24.5 Å². The number of halogens is 3. The van der Waals surface area contributed by atoms with Crippen molar-refractivity contribution in [3.8, 4) is 0 Å². The third-order valence-corrected chi connectivity index (χ3v) is 4.01. The van der Waals surface area contributed by atoms with Crippen molar-refractivity contribution < 1.29 is 9.18 Å². The highest BCUT2D eigenvalue weighted by Gasteiger charge is 2.24. The molecule has 1 atom stereocenters. The minimum absolute atomic E-state index is 0.0372. The van der Waals surface area contributed by atoms with Crippen LogP contribution in [0.5, 0.6) is 0 Å². The second kappa shape index (κ2) is 6.58. The van der Waals surface area contributed by atoms with Gasteiger partial charge >= 0.3 is 0 Å². The number of rotatable bonds is 3. The Kier molecular flexibility index (Phi) is 5.06. The van der Waals surface area contributed by atoms with E-state index >= 15 is 0 Å². The first-order chi connectivity index (χ1) is 9.11. The Morgan fingerprint density at radius 2 is 2.26 bits per heavy atom. The van der Waals surface area contributed by atoms with Crippen LogP contribution < -0.4 is 0 Å². The van der Waals surface area contributed by atoms with Crippen LogP contribution in [0.3, 0.4) is 0 Å². The highest BCUT2D eigenvalue weighted by Crippen LogP contribution is 2.23. The fourth-order valence-electron chi connectivity index (χ4n) is 2.45. The van der Waals surface area contributed by atoms with E-state index in [0.717, 1.165) is 25.8 Å². The van der Waals surface area contributed by atoms with Crippen molar-refractivity contribution in [1.29, 1.82) is 0 Å². The van der Waals surface area contributed by atoms with Crippen LogP contribution in [0.25, 0.3) is 0 Å². The summed E-state index contributed by atoms with van der Waals surface area (Å²) in [5.74, 6) is 0.381. The zero-order valence-electron chi connectivity index (χ0n) is 10.5. The summed E-state index contributed by atoms with van der Waals surface area (Å²) in [6, 6.07) is 4.19. The quantitative estimate of drug-likeness (QED) is 0.774. The summed E-state index contributed by atoms with van der Waals surface area (Å²) in [4.78, 5) is 14.1. The van der Waals surface area contributed by atoms with Gasteiger partial charge in [-0.15, -0.1) is 11.6 Å². The Morgan fingerprint density at radius 3 is 2.95 bits per heavy atom. The van der Waals surface area contributed by atoms with E-state index in [1.54, 1.807) is 11.0 Å². The van der Waals surface area contributed by atoms with Gasteiger partial charge in [0.05, 0.1) is 5.02 Å². The lowest BCUT2D eigenvalue weighted by molar-refractivity contribution is 0.0671. The Balaban J connectivity index is 2.08. The average molecular weight is 304 g/mol. The molecule has 1 aliphatic rings. The number of likely N-dealkylation sites (tertiary alicyclic amines) is 1. The number of nitrogens with zero attached hydrogens (tertiary/aromatic N) is 1. The van der Waals surface area contributed by atoms with Crippen molar-refractivity contribution in [3.05, 3.63) is 34.6 Å². The first-order valence-electron chi connectivity index (χ1n) is 6.42. The number of alkyl halides is 1. The summed E-state index contributed by atoms with van der Waals surface area (Å²) in [7, 11) is 0. The van der Waals surface area contributed by atoms with E-state index in [-0.39, 0.29) is 10.9 Å². The molecule has 0 saturated carbocycles. The molecular formula is C14H16Cl2FNO. The highest BCUT2D eigenvalue weighted by atomic mass is 35.5. The molecule has 0 bridgehead atoms. The lowest BCUT2D eigenvalue weighted by atomic mass is 9.95. The molecule has 19 heavy (non-hydrogen) atoms. The van der Waals surface area contributed by atoms with Crippen LogP contribution in [0, 0.1) is 11.7 Å². The largest absolute Gasteiger partial charge is 0.338 e. The maximum absolute atomic E-state index is 13.4. The monoisotopic (exact) mass is 303 g/mol. The maximum Gasteiger partial charge on any atom is 0.253 e. The average Bonchev–Trinajstić information content (AvgIpc) is 2.42. The predicted molar refractivity (Wildman–Crippen MR) is 75.4 cm³/mol. The van der Waals surface area contributed by atoms with Crippen molar-refractivity contribution in [2.45, 2.75) is 19.3 Å². The van der Waals surface area contributed by atoms with Crippen molar-refractivity contribution in [1.82, 2.24) is 4.90 Å². The molecule has 1 aromatic carbocycles. The normalized spacial score (nSPS) is 19.5. The molecule has 0 spiro atoms. The van der Waals surface area contributed by atoms with Crippen LogP contribution in [-0.4, -0.2) is 29.8 Å². The Hall–Kier alpha value is -0.800. The van der Waals surface area contributed by atoms with Crippen molar-refractivity contribution >= 4 is 29.1 Å². The lowest BCUT2D eigenvalue weighted by Crippen LogP contribution is -2.40. The number of hydrogen-bond acceptors (Lipinski definition) is 1. The summed E-state index contributed by atoms with van der Waals surface area (Å²) in [5, 5.41) is 0.0372. The summed E-state index contributed by atoms with van der Waals surface area (Å²) < 4.78 is 13.4. The topological polar surface area (TPSA) is 20.3 Å². The van der Waals surface area contributed by atoms with E-state index in [2.05, 4.69) is 0 Å². The number of hydrogen-bond donors (Lipinski definition) is 0. The first kappa shape index (κ1) is 14.6. The fourth-order valence-corrected chi connectivity index (χ4v) is 2.88. The van der Waals surface area contributed by atoms with Gasteiger partial charge in [-0.25, -0.2) is 4.39 Å². The summed E-state index contributed by atoms with van der Waals surface area (Å²) >= 11 is 11.4. The number of carbonyl (C=O) groups excluding carboxylic acids is 1. The van der Waals surface area contributed by atoms with Gasteiger partial charge in [0.25, 0.3) is 5.91 Å². The van der Waals surface area contributed by atoms with Gasteiger partial charge in [-0.3, -0.25) is 4.79 Å². The van der Waals surface area contributed by atoms with Crippen LogP contribution in [0.2, 0.25) is 5.02 Å². The number of amides is 1. The van der Waals surface area contributed by atoms with Gasteiger partial charge in [0.2, 0.25) is 0 Å². The molecule has 1 aliphatic heterocycles. The Morgan fingerprint density at radius 1 is 1.47 bits per heavy atom. The minimum Gasteiger partial charge on any atom is -0.338 e. The zero-order valence-corrected chi connectivity index (χ0v) is 12.1. The summed E-state index contributed by atoms with van der Waals surface area (Å²) in [6.07, 6.45) is 3.00. The summed E-state index contributed by atoms with van der Waals surface area (Å²) in [5.41, 5.74) is 0.355. The molecule has 1 aromatic rings. The lowest BCUT2D eigenvalue weighted by Gasteiger charge is -2.32. The first-order valence-corrected chi connectivity index (χ1v) is 7.33. The standard InChI is InChI=1S/C14H16Cl2FNO/c15-6-5-10-2-1-7-18(9-10)14(19)11-3-4-12(16)13(17)8-11/h3-4,8,10H,1-2,5-7,9H2. The van der Waals surface area contributed by atoms with Crippen LogP contribution in [0.15, 0.2) is 18.2 Å². The molecule has 104 valence electrons. The molecule has 0 aromatic heterocycles. The van der Waals surface area contributed by atoms with Crippen molar-refractivity contribution in [3.63, 3.8) is 0 Å². The SMILES string of the molecule is O=C(c1ccc(Cl)c(F)c1)N1CCCC(CCCl)C1. The van der Waals surface area contributed by atoms with E-state index in [1.165, 1.54) is 12.1 Å². The van der Waals surface area contributed by atoms with E-state index in [9.17, 15) is 9.18 Å². The highest BCUT2D eigenvalue weighted by molar-refractivity contribution is 6.30. The molecule has 1 saturated heterocycles. The van der Waals surface area contributed by atoms with Crippen LogP contribution >= 0.6 is 23.2 Å². The van der Waals surface area contributed by atoms with E-state index < -0.39 is 5.82 Å². The number of benzene rings is 1. The van der Waals surface area contributed by atoms with Crippen LogP contribution in [0.1, 0.15) is 29.6 Å². The fraction of sp³-hybridized carbons (Fsp3) is 0.500. The molecule has 2 nitrogen and oxygen atoms in total. The minimum atomic E-state index is -0.554.